The molecule has 7 heteroatoms. The number of amides is 2. The highest BCUT2D eigenvalue weighted by Crippen LogP contribution is 2.12. The number of allylic oxidation sites excluding steroid dienone is 2. The molecule has 0 aromatic carbocycles. The molecular formula is C29H54N2O5. The fraction of sp³-hybridized carbons (Fsp3) is 0.828. The van der Waals surface area contributed by atoms with Crippen molar-refractivity contribution in [2.75, 3.05) is 6.54 Å². The zero-order valence-corrected chi connectivity index (χ0v) is 23.5. The van der Waals surface area contributed by atoms with Crippen molar-refractivity contribution < 1.29 is 24.2 Å². The molecule has 36 heavy (non-hydrogen) atoms. The highest BCUT2D eigenvalue weighted by Gasteiger charge is 2.19. The Kier molecular flexibility index (Phi) is 20.9. The first-order valence-corrected chi connectivity index (χ1v) is 14.3. The van der Waals surface area contributed by atoms with Crippen LogP contribution < -0.4 is 10.6 Å². The maximum absolute atomic E-state index is 12.2. The van der Waals surface area contributed by atoms with Crippen LogP contribution in [0.3, 0.4) is 0 Å². The molecule has 0 aliphatic rings. The van der Waals surface area contributed by atoms with Gasteiger partial charge in [0, 0.05) is 13.0 Å². The molecule has 1 atom stereocenters. The quantitative estimate of drug-likeness (QED) is 0.105. The third-order valence-electron chi connectivity index (χ3n) is 5.89. The van der Waals surface area contributed by atoms with Crippen LogP contribution in [0.2, 0.25) is 0 Å². The maximum atomic E-state index is 12.2. The number of hydrogen-bond acceptors (Lipinski definition) is 4. The zero-order valence-electron chi connectivity index (χ0n) is 23.5. The normalized spacial score (nSPS) is 12.4. The van der Waals surface area contributed by atoms with Gasteiger partial charge in [-0.25, -0.2) is 9.59 Å². The van der Waals surface area contributed by atoms with Crippen molar-refractivity contribution in [1.82, 2.24) is 10.6 Å². The number of hydrogen-bond donors (Lipinski definition) is 3. The summed E-state index contributed by atoms with van der Waals surface area (Å²) >= 11 is 0. The number of carboxylic acids is 1. The van der Waals surface area contributed by atoms with Crippen molar-refractivity contribution in [2.24, 2.45) is 0 Å². The predicted molar refractivity (Wildman–Crippen MR) is 147 cm³/mol. The summed E-state index contributed by atoms with van der Waals surface area (Å²) < 4.78 is 5.16. The maximum Gasteiger partial charge on any atom is 0.407 e. The Morgan fingerprint density at radius 3 is 1.92 bits per heavy atom. The lowest BCUT2D eigenvalue weighted by atomic mass is 10.0. The highest BCUT2D eigenvalue weighted by atomic mass is 16.6. The first-order valence-electron chi connectivity index (χ1n) is 14.3. The molecule has 0 rings (SSSR count). The van der Waals surface area contributed by atoms with Crippen LogP contribution in [0.5, 0.6) is 0 Å². The Morgan fingerprint density at radius 2 is 1.36 bits per heavy atom. The molecule has 0 aromatic rings. The van der Waals surface area contributed by atoms with Crippen molar-refractivity contribution in [2.45, 2.75) is 148 Å². The number of rotatable bonds is 22. The van der Waals surface area contributed by atoms with Gasteiger partial charge < -0.3 is 20.5 Å². The number of carbonyl (C=O) groups excluding carboxylic acids is 2. The van der Waals surface area contributed by atoms with E-state index in [0.717, 1.165) is 19.3 Å². The van der Waals surface area contributed by atoms with E-state index in [0.29, 0.717) is 32.2 Å². The van der Waals surface area contributed by atoms with Gasteiger partial charge in [-0.05, 0) is 65.7 Å². The number of carboxylic acid groups (broad SMARTS) is 1. The number of carbonyl (C=O) groups is 3. The molecule has 2 amide bonds. The largest absolute Gasteiger partial charge is 0.480 e. The Bertz CT molecular complexity index is 613. The molecule has 0 saturated carbocycles. The molecule has 0 saturated heterocycles. The van der Waals surface area contributed by atoms with E-state index in [9.17, 15) is 19.5 Å². The summed E-state index contributed by atoms with van der Waals surface area (Å²) in [6.07, 6.45) is 21.6. The fourth-order valence-corrected chi connectivity index (χ4v) is 3.84. The van der Waals surface area contributed by atoms with E-state index in [-0.39, 0.29) is 5.91 Å². The Morgan fingerprint density at radius 1 is 0.806 bits per heavy atom. The molecule has 0 radical (unpaired) electrons. The average molecular weight is 511 g/mol. The summed E-state index contributed by atoms with van der Waals surface area (Å²) in [7, 11) is 0. The summed E-state index contributed by atoms with van der Waals surface area (Å²) in [6.45, 7) is 8.02. The number of nitrogens with one attached hydrogen (secondary N) is 2. The molecule has 210 valence electrons. The smallest absolute Gasteiger partial charge is 0.407 e. The monoisotopic (exact) mass is 510 g/mol. The van der Waals surface area contributed by atoms with Gasteiger partial charge in [-0.15, -0.1) is 0 Å². The molecular weight excluding hydrogens is 456 g/mol. The third-order valence-corrected chi connectivity index (χ3v) is 5.89. The Balaban J connectivity index is 3.70. The van der Waals surface area contributed by atoms with Gasteiger partial charge in [0.15, 0.2) is 0 Å². The van der Waals surface area contributed by atoms with Crippen molar-refractivity contribution in [3.8, 4) is 0 Å². The lowest BCUT2D eigenvalue weighted by Crippen LogP contribution is -2.40. The van der Waals surface area contributed by atoms with Crippen molar-refractivity contribution in [3.63, 3.8) is 0 Å². The summed E-state index contributed by atoms with van der Waals surface area (Å²) in [5, 5.41) is 14.7. The minimum absolute atomic E-state index is 0.196. The van der Waals surface area contributed by atoms with Crippen molar-refractivity contribution >= 4 is 18.0 Å². The first kappa shape index (κ1) is 34.0. The molecule has 7 nitrogen and oxygen atoms in total. The minimum atomic E-state index is -1.02. The summed E-state index contributed by atoms with van der Waals surface area (Å²) in [4.78, 5) is 35.2. The molecule has 0 fully saturated rings. The molecule has 3 N–H and O–H groups in total. The van der Waals surface area contributed by atoms with E-state index in [1.807, 2.05) is 0 Å². The zero-order chi connectivity index (χ0) is 27.1. The lowest BCUT2D eigenvalue weighted by Gasteiger charge is -2.19. The fourth-order valence-electron chi connectivity index (χ4n) is 3.84. The molecule has 0 aromatic heterocycles. The van der Waals surface area contributed by atoms with Gasteiger partial charge in [0.05, 0.1) is 0 Å². The van der Waals surface area contributed by atoms with E-state index >= 15 is 0 Å². The van der Waals surface area contributed by atoms with Gasteiger partial charge in [0.25, 0.3) is 0 Å². The van der Waals surface area contributed by atoms with Gasteiger partial charge >= 0.3 is 12.1 Å². The van der Waals surface area contributed by atoms with Gasteiger partial charge in [-0.3, -0.25) is 4.79 Å². The van der Waals surface area contributed by atoms with E-state index in [1.165, 1.54) is 64.2 Å². The standard InChI is InChI=1S/C29H54N2O5/c1-5-6-7-8-9-10-11-12-13-14-15-16-17-18-19-23-26(32)31-25(27(33)34)22-20-21-24-30-28(35)36-29(2,3)4/h8-9,25H,5-7,10-24H2,1-4H3,(H,30,35)(H,31,32)(H,33,34)/b9-8-/t25-/m0/s1. The van der Waals surface area contributed by atoms with Crippen LogP contribution in [-0.2, 0) is 14.3 Å². The van der Waals surface area contributed by atoms with Gasteiger partial charge in [-0.1, -0.05) is 76.9 Å². The van der Waals surface area contributed by atoms with Crippen molar-refractivity contribution in [3.05, 3.63) is 12.2 Å². The molecule has 0 unspecified atom stereocenters. The first-order chi connectivity index (χ1) is 17.2. The van der Waals surface area contributed by atoms with E-state index in [1.54, 1.807) is 20.8 Å². The van der Waals surface area contributed by atoms with Crippen LogP contribution in [0.15, 0.2) is 12.2 Å². The molecule has 0 spiro atoms. The number of ether oxygens (including phenoxy) is 1. The van der Waals surface area contributed by atoms with Crippen LogP contribution in [0.25, 0.3) is 0 Å². The minimum Gasteiger partial charge on any atom is -0.480 e. The molecule has 0 heterocycles. The number of alkyl carbamates (subject to hydrolysis) is 1. The van der Waals surface area contributed by atoms with E-state index in [4.69, 9.17) is 4.74 Å². The van der Waals surface area contributed by atoms with Crippen LogP contribution in [0.4, 0.5) is 4.79 Å². The SMILES string of the molecule is CCCC/C=C\CCCCCCCCCCCC(=O)N[C@@H](CCCCNC(=O)OC(C)(C)C)C(=O)O. The summed E-state index contributed by atoms with van der Waals surface area (Å²) in [5.74, 6) is -1.21. The Hall–Kier alpha value is -2.05. The van der Waals surface area contributed by atoms with Crippen LogP contribution in [0.1, 0.15) is 137 Å². The topological polar surface area (TPSA) is 105 Å². The average Bonchev–Trinajstić information content (AvgIpc) is 2.79. The second kappa shape index (κ2) is 22.2. The van der Waals surface area contributed by atoms with E-state index in [2.05, 4.69) is 29.7 Å². The lowest BCUT2D eigenvalue weighted by molar-refractivity contribution is -0.142. The second-order valence-electron chi connectivity index (χ2n) is 10.7. The van der Waals surface area contributed by atoms with Gasteiger partial charge in [0.2, 0.25) is 5.91 Å². The summed E-state index contributed by atoms with van der Waals surface area (Å²) in [5.41, 5.74) is -0.548. The summed E-state index contributed by atoms with van der Waals surface area (Å²) in [6, 6.07) is -0.883. The third kappa shape index (κ3) is 23.7. The highest BCUT2D eigenvalue weighted by molar-refractivity contribution is 5.83. The predicted octanol–water partition coefficient (Wildman–Crippen LogP) is 7.29. The van der Waals surface area contributed by atoms with Gasteiger partial charge in [-0.2, -0.15) is 0 Å². The second-order valence-corrected chi connectivity index (χ2v) is 10.7. The van der Waals surface area contributed by atoms with Crippen LogP contribution in [-0.4, -0.2) is 41.3 Å². The van der Waals surface area contributed by atoms with Crippen LogP contribution >= 0.6 is 0 Å². The van der Waals surface area contributed by atoms with Gasteiger partial charge in [0.1, 0.15) is 11.6 Å². The molecule has 0 aliphatic carbocycles. The van der Waals surface area contributed by atoms with E-state index < -0.39 is 23.7 Å². The molecule has 0 aliphatic heterocycles. The Labute approximate surface area is 220 Å². The molecule has 0 bridgehead atoms. The van der Waals surface area contributed by atoms with Crippen LogP contribution in [0, 0.1) is 0 Å². The van der Waals surface area contributed by atoms with Crippen molar-refractivity contribution in [1.29, 1.82) is 0 Å². The number of aliphatic carboxylic acids is 1. The number of unbranched alkanes of at least 4 members (excludes halogenated alkanes) is 12.